The van der Waals surface area contributed by atoms with Crippen LogP contribution in [0.1, 0.15) is 25.8 Å². The molecule has 86 valence electrons. The molecule has 0 radical (unpaired) electrons. The Bertz CT molecular complexity index is 427. The minimum atomic E-state index is -0.411. The summed E-state index contributed by atoms with van der Waals surface area (Å²) in [6, 6.07) is 5.01. The van der Waals surface area contributed by atoms with E-state index in [4.69, 9.17) is 0 Å². The maximum atomic E-state index is 10.8. The van der Waals surface area contributed by atoms with Crippen molar-refractivity contribution in [3.8, 4) is 0 Å². The van der Waals surface area contributed by atoms with Crippen molar-refractivity contribution in [1.82, 2.24) is 0 Å². The van der Waals surface area contributed by atoms with Gasteiger partial charge in [0.2, 0.25) is 0 Å². The lowest BCUT2D eigenvalue weighted by molar-refractivity contribution is -0.384. The van der Waals surface area contributed by atoms with Crippen LogP contribution in [0.3, 0.4) is 0 Å². The molecule has 0 spiro atoms. The molecule has 16 heavy (non-hydrogen) atoms. The molecule has 0 saturated carbocycles. The normalized spacial score (nSPS) is 11.3. The van der Waals surface area contributed by atoms with Crippen molar-refractivity contribution in [2.75, 3.05) is 5.43 Å². The summed E-state index contributed by atoms with van der Waals surface area (Å²) >= 11 is 0. The van der Waals surface area contributed by atoms with Crippen molar-refractivity contribution in [1.29, 1.82) is 0 Å². The van der Waals surface area contributed by atoms with E-state index in [9.17, 15) is 10.1 Å². The Morgan fingerprint density at radius 1 is 1.56 bits per heavy atom. The van der Waals surface area contributed by atoms with Gasteiger partial charge in [0.1, 0.15) is 5.69 Å². The van der Waals surface area contributed by atoms with Gasteiger partial charge in [-0.05, 0) is 31.9 Å². The van der Waals surface area contributed by atoms with Crippen LogP contribution in [0.2, 0.25) is 0 Å². The summed E-state index contributed by atoms with van der Waals surface area (Å²) in [7, 11) is 0. The predicted molar refractivity (Wildman–Crippen MR) is 64.9 cm³/mol. The number of nitro groups is 1. The van der Waals surface area contributed by atoms with Crippen molar-refractivity contribution in [2.45, 2.75) is 27.2 Å². The molecule has 0 fully saturated rings. The van der Waals surface area contributed by atoms with Gasteiger partial charge in [0.15, 0.2) is 0 Å². The highest BCUT2D eigenvalue weighted by atomic mass is 16.6. The molecule has 1 aromatic rings. The lowest BCUT2D eigenvalue weighted by Crippen LogP contribution is -1.99. The zero-order valence-corrected chi connectivity index (χ0v) is 9.65. The number of nitrogens with zero attached hydrogens (tertiary/aromatic N) is 2. The van der Waals surface area contributed by atoms with Crippen LogP contribution in [-0.2, 0) is 0 Å². The number of rotatable bonds is 4. The summed E-state index contributed by atoms with van der Waals surface area (Å²) in [5, 5.41) is 14.9. The third-order valence-electron chi connectivity index (χ3n) is 2.23. The summed E-state index contributed by atoms with van der Waals surface area (Å²) < 4.78 is 0. The van der Waals surface area contributed by atoms with Gasteiger partial charge >= 0.3 is 0 Å². The third-order valence-corrected chi connectivity index (χ3v) is 2.23. The lowest BCUT2D eigenvalue weighted by Gasteiger charge is -2.03. The second-order valence-corrected chi connectivity index (χ2v) is 3.59. The zero-order valence-electron chi connectivity index (χ0n) is 9.65. The van der Waals surface area contributed by atoms with Gasteiger partial charge in [-0.2, -0.15) is 5.10 Å². The SMILES string of the molecule is CC/C(C)=N/Nc1ccc(C)cc1[N+](=O)[O-]. The zero-order chi connectivity index (χ0) is 12.1. The summed E-state index contributed by atoms with van der Waals surface area (Å²) in [5.74, 6) is 0. The number of aryl methyl sites for hydroxylation is 1. The molecule has 1 rings (SSSR count). The number of hydrogen-bond acceptors (Lipinski definition) is 4. The average molecular weight is 221 g/mol. The smallest absolute Gasteiger partial charge is 0.272 e. The number of hydrogen-bond donors (Lipinski definition) is 1. The minimum absolute atomic E-state index is 0.0488. The highest BCUT2D eigenvalue weighted by Gasteiger charge is 2.12. The van der Waals surface area contributed by atoms with Crippen molar-refractivity contribution in [3.05, 3.63) is 33.9 Å². The van der Waals surface area contributed by atoms with Gasteiger partial charge < -0.3 is 0 Å². The Hall–Kier alpha value is -1.91. The average Bonchev–Trinajstić information content (AvgIpc) is 2.26. The topological polar surface area (TPSA) is 67.5 Å². The Morgan fingerprint density at radius 3 is 2.81 bits per heavy atom. The van der Waals surface area contributed by atoms with E-state index in [0.29, 0.717) is 5.69 Å². The van der Waals surface area contributed by atoms with Gasteiger partial charge in [0.25, 0.3) is 5.69 Å². The molecule has 1 N–H and O–H groups in total. The van der Waals surface area contributed by atoms with Crippen molar-refractivity contribution in [2.24, 2.45) is 5.10 Å². The Kier molecular flexibility index (Phi) is 3.99. The number of anilines is 1. The molecule has 0 aliphatic heterocycles. The summed E-state index contributed by atoms with van der Waals surface area (Å²) in [5.41, 5.74) is 4.94. The number of hydrazone groups is 1. The van der Waals surface area contributed by atoms with Crippen LogP contribution in [0.25, 0.3) is 0 Å². The van der Waals surface area contributed by atoms with Crippen LogP contribution in [0.5, 0.6) is 0 Å². The largest absolute Gasteiger partial charge is 0.294 e. The molecule has 0 unspecified atom stereocenters. The van der Waals surface area contributed by atoms with E-state index >= 15 is 0 Å². The molecule has 5 heteroatoms. The number of nitro benzene ring substituents is 1. The summed E-state index contributed by atoms with van der Waals surface area (Å²) in [6.45, 7) is 5.66. The van der Waals surface area contributed by atoms with Gasteiger partial charge in [-0.15, -0.1) is 0 Å². The summed E-state index contributed by atoms with van der Waals surface area (Å²) in [4.78, 5) is 10.4. The molecular formula is C11H15N3O2. The van der Waals surface area contributed by atoms with Crippen LogP contribution >= 0.6 is 0 Å². The fourth-order valence-corrected chi connectivity index (χ4v) is 1.12. The first kappa shape index (κ1) is 12.2. The Morgan fingerprint density at radius 2 is 2.25 bits per heavy atom. The number of benzene rings is 1. The van der Waals surface area contributed by atoms with Gasteiger partial charge in [0.05, 0.1) is 4.92 Å². The highest BCUT2D eigenvalue weighted by Crippen LogP contribution is 2.25. The van der Waals surface area contributed by atoms with Crippen molar-refractivity contribution < 1.29 is 4.92 Å². The van der Waals surface area contributed by atoms with E-state index in [1.807, 2.05) is 26.8 Å². The standard InChI is InChI=1S/C11H15N3O2/c1-4-9(3)12-13-10-6-5-8(2)7-11(10)14(15)16/h5-7,13H,4H2,1-3H3/b12-9+. The first-order valence-corrected chi connectivity index (χ1v) is 5.08. The molecule has 0 aliphatic carbocycles. The first-order valence-electron chi connectivity index (χ1n) is 5.08. The second-order valence-electron chi connectivity index (χ2n) is 3.59. The molecule has 0 bridgehead atoms. The molecule has 0 atom stereocenters. The predicted octanol–water partition coefficient (Wildman–Crippen LogP) is 3.10. The molecule has 0 saturated heterocycles. The van der Waals surface area contributed by atoms with Crippen molar-refractivity contribution >= 4 is 17.1 Å². The highest BCUT2D eigenvalue weighted by molar-refractivity contribution is 5.82. The van der Waals surface area contributed by atoms with Gasteiger partial charge in [-0.3, -0.25) is 15.5 Å². The first-order chi connectivity index (χ1) is 7.54. The molecule has 0 amide bonds. The van der Waals surface area contributed by atoms with Crippen LogP contribution in [0.4, 0.5) is 11.4 Å². The quantitative estimate of drug-likeness (QED) is 0.482. The van der Waals surface area contributed by atoms with Gasteiger partial charge in [-0.25, -0.2) is 0 Å². The van der Waals surface area contributed by atoms with Crippen molar-refractivity contribution in [3.63, 3.8) is 0 Å². The monoisotopic (exact) mass is 221 g/mol. The Labute approximate surface area is 94.3 Å². The minimum Gasteiger partial charge on any atom is -0.272 e. The van der Waals surface area contributed by atoms with E-state index < -0.39 is 4.92 Å². The Balaban J connectivity index is 3.00. The van der Waals surface area contributed by atoms with Gasteiger partial charge in [-0.1, -0.05) is 13.0 Å². The summed E-state index contributed by atoms with van der Waals surface area (Å²) in [6.07, 6.45) is 0.812. The molecule has 1 aromatic carbocycles. The lowest BCUT2D eigenvalue weighted by atomic mass is 10.2. The van der Waals surface area contributed by atoms with E-state index in [-0.39, 0.29) is 5.69 Å². The van der Waals surface area contributed by atoms with Crippen LogP contribution in [0.15, 0.2) is 23.3 Å². The molecule has 0 aromatic heterocycles. The van der Waals surface area contributed by atoms with E-state index in [0.717, 1.165) is 17.7 Å². The fraction of sp³-hybridized carbons (Fsp3) is 0.364. The van der Waals surface area contributed by atoms with Crippen LogP contribution in [0, 0.1) is 17.0 Å². The maximum Gasteiger partial charge on any atom is 0.294 e. The van der Waals surface area contributed by atoms with E-state index in [1.54, 1.807) is 6.07 Å². The molecule has 0 aliphatic rings. The second kappa shape index (κ2) is 5.25. The molecular weight excluding hydrogens is 206 g/mol. The molecule has 5 nitrogen and oxygen atoms in total. The molecule has 0 heterocycles. The van der Waals surface area contributed by atoms with E-state index in [2.05, 4.69) is 10.5 Å². The van der Waals surface area contributed by atoms with E-state index in [1.165, 1.54) is 6.07 Å². The van der Waals surface area contributed by atoms with Crippen LogP contribution < -0.4 is 5.43 Å². The van der Waals surface area contributed by atoms with Gasteiger partial charge in [0, 0.05) is 11.8 Å². The third kappa shape index (κ3) is 3.05. The van der Waals surface area contributed by atoms with Crippen LogP contribution in [-0.4, -0.2) is 10.6 Å². The fourth-order valence-electron chi connectivity index (χ4n) is 1.12. The maximum absolute atomic E-state index is 10.8. The number of nitrogens with one attached hydrogen (secondary N) is 1.